The molecule has 0 bridgehead atoms. The summed E-state index contributed by atoms with van der Waals surface area (Å²) in [5.41, 5.74) is 2.80. The van der Waals surface area contributed by atoms with E-state index >= 15 is 0 Å². The number of hydrogen-bond acceptors (Lipinski definition) is 8. The number of nitrogens with zero attached hydrogens (tertiary/aromatic N) is 4. The third-order valence-electron chi connectivity index (χ3n) is 5.03. The van der Waals surface area contributed by atoms with Crippen LogP contribution in [0.5, 0.6) is 5.75 Å². The monoisotopic (exact) mass is 439 g/mol. The van der Waals surface area contributed by atoms with Gasteiger partial charge in [-0.2, -0.15) is 0 Å². The zero-order valence-corrected chi connectivity index (χ0v) is 18.6. The molecular weight excluding hydrogens is 414 g/mol. The number of carbonyl (C=O) groups is 1. The average Bonchev–Trinajstić information content (AvgIpc) is 3.18. The molecule has 2 aromatic heterocycles. The van der Waals surface area contributed by atoms with Gasteiger partial charge in [0.15, 0.2) is 6.61 Å². The summed E-state index contributed by atoms with van der Waals surface area (Å²) in [6.07, 6.45) is -0.296. The van der Waals surface area contributed by atoms with Crippen molar-refractivity contribution in [2.45, 2.75) is 26.9 Å². The molecule has 1 saturated heterocycles. The van der Waals surface area contributed by atoms with E-state index < -0.39 is 0 Å². The first kappa shape index (κ1) is 21.2. The predicted molar refractivity (Wildman–Crippen MR) is 119 cm³/mol. The topological polar surface area (TPSA) is 89.5 Å². The molecule has 1 atom stereocenters. The molecule has 0 aliphatic carbocycles. The first-order valence-corrected chi connectivity index (χ1v) is 10.9. The van der Waals surface area contributed by atoms with Crippen molar-refractivity contribution in [2.75, 3.05) is 31.6 Å². The molecule has 3 aromatic rings. The van der Waals surface area contributed by atoms with Crippen LogP contribution in [0.3, 0.4) is 0 Å². The molecule has 1 aromatic carbocycles. The van der Waals surface area contributed by atoms with Crippen LogP contribution in [0.4, 0.5) is 10.9 Å². The number of para-hydroxylation sites is 1. The maximum atomic E-state index is 12.8. The second-order valence-electron chi connectivity index (χ2n) is 7.41. The summed E-state index contributed by atoms with van der Waals surface area (Å²) >= 11 is 1.46. The van der Waals surface area contributed by atoms with Crippen LogP contribution in [-0.4, -0.2) is 52.3 Å². The Morgan fingerprint density at radius 3 is 2.71 bits per heavy atom. The highest BCUT2D eigenvalue weighted by Gasteiger charge is 2.27. The molecular formula is C22H25N5O3S. The summed E-state index contributed by atoms with van der Waals surface area (Å²) in [7, 11) is 0. The quantitative estimate of drug-likeness (QED) is 0.628. The zero-order valence-electron chi connectivity index (χ0n) is 17.8. The van der Waals surface area contributed by atoms with Gasteiger partial charge in [0.25, 0.3) is 5.91 Å². The third-order valence-corrected chi connectivity index (χ3v) is 5.78. The minimum absolute atomic E-state index is 0.00381. The molecule has 31 heavy (non-hydrogen) atoms. The van der Waals surface area contributed by atoms with Gasteiger partial charge in [0.05, 0.1) is 18.8 Å². The lowest BCUT2D eigenvalue weighted by atomic mass is 10.1. The molecule has 1 N–H and O–H groups in total. The van der Waals surface area contributed by atoms with Crippen LogP contribution in [0.15, 0.2) is 36.4 Å². The molecule has 4 rings (SSSR count). The second kappa shape index (κ2) is 9.40. The summed E-state index contributed by atoms with van der Waals surface area (Å²) < 4.78 is 11.7. The summed E-state index contributed by atoms with van der Waals surface area (Å²) in [4.78, 5) is 19.2. The molecule has 1 fully saturated rings. The number of amides is 1. The summed E-state index contributed by atoms with van der Waals surface area (Å²) in [5.74, 6) is 1.38. The number of aryl methyl sites for hydroxylation is 3. The standard InChI is InChI=1S/C22H25N5O3S/c1-14-6-4-7-15(2)21(14)30-13-20(28)27-10-11-29-18(12-27)17-8-5-9-19(23-17)24-22-26-25-16(3)31-22/h4-9,18H,10-13H2,1-3H3,(H,23,24,26)/t18-/m0/s1. The van der Waals surface area contributed by atoms with Crippen molar-refractivity contribution in [3.63, 3.8) is 0 Å². The van der Waals surface area contributed by atoms with Crippen molar-refractivity contribution in [3.8, 4) is 5.75 Å². The van der Waals surface area contributed by atoms with E-state index in [0.29, 0.717) is 30.6 Å². The Balaban J connectivity index is 1.39. The van der Waals surface area contributed by atoms with E-state index in [1.54, 1.807) is 4.90 Å². The normalized spacial score (nSPS) is 16.2. The van der Waals surface area contributed by atoms with Crippen molar-refractivity contribution >= 4 is 28.2 Å². The molecule has 162 valence electrons. The Kier molecular flexibility index (Phi) is 6.43. The predicted octanol–water partition coefficient (Wildman–Crippen LogP) is 3.58. The Morgan fingerprint density at radius 1 is 1.19 bits per heavy atom. The number of ether oxygens (including phenoxy) is 2. The van der Waals surface area contributed by atoms with Gasteiger partial charge in [-0.25, -0.2) is 4.98 Å². The highest BCUT2D eigenvalue weighted by atomic mass is 32.1. The fourth-order valence-electron chi connectivity index (χ4n) is 3.46. The summed E-state index contributed by atoms with van der Waals surface area (Å²) in [6.45, 7) is 7.29. The maximum Gasteiger partial charge on any atom is 0.260 e. The van der Waals surface area contributed by atoms with E-state index in [0.717, 1.165) is 27.6 Å². The number of pyridine rings is 1. The SMILES string of the molecule is Cc1nnc(Nc2cccc([C@@H]3CN(C(=O)COc4c(C)cccc4C)CCO3)n2)s1. The molecule has 0 spiro atoms. The minimum atomic E-state index is -0.296. The fourth-order valence-corrected chi connectivity index (χ4v) is 4.06. The molecule has 0 saturated carbocycles. The van der Waals surface area contributed by atoms with Crippen molar-refractivity contribution in [1.29, 1.82) is 0 Å². The fraction of sp³-hybridized carbons (Fsp3) is 0.364. The molecule has 0 unspecified atom stereocenters. The maximum absolute atomic E-state index is 12.8. The Morgan fingerprint density at radius 2 is 1.97 bits per heavy atom. The molecule has 8 nitrogen and oxygen atoms in total. The number of carbonyl (C=O) groups excluding carboxylic acids is 1. The number of anilines is 2. The molecule has 1 amide bonds. The molecule has 1 aliphatic rings. The van der Waals surface area contributed by atoms with Gasteiger partial charge < -0.3 is 19.7 Å². The smallest absolute Gasteiger partial charge is 0.260 e. The summed E-state index contributed by atoms with van der Waals surface area (Å²) in [6, 6.07) is 11.6. The van der Waals surface area contributed by atoms with E-state index in [1.165, 1.54) is 11.3 Å². The second-order valence-corrected chi connectivity index (χ2v) is 8.59. The van der Waals surface area contributed by atoms with E-state index in [9.17, 15) is 4.79 Å². The van der Waals surface area contributed by atoms with E-state index in [2.05, 4.69) is 20.5 Å². The largest absolute Gasteiger partial charge is 0.483 e. The van der Waals surface area contributed by atoms with Crippen LogP contribution < -0.4 is 10.1 Å². The average molecular weight is 440 g/mol. The highest BCUT2D eigenvalue weighted by Crippen LogP contribution is 2.25. The first-order valence-electron chi connectivity index (χ1n) is 10.1. The van der Waals surface area contributed by atoms with Crippen LogP contribution in [0.1, 0.15) is 27.9 Å². The van der Waals surface area contributed by atoms with Gasteiger partial charge in [-0.1, -0.05) is 35.6 Å². The van der Waals surface area contributed by atoms with Gasteiger partial charge in [-0.15, -0.1) is 10.2 Å². The third kappa shape index (κ3) is 5.18. The van der Waals surface area contributed by atoms with Gasteiger partial charge in [-0.05, 0) is 44.0 Å². The number of aromatic nitrogens is 3. The van der Waals surface area contributed by atoms with Crippen LogP contribution in [0, 0.1) is 20.8 Å². The molecule has 0 radical (unpaired) electrons. The summed E-state index contributed by atoms with van der Waals surface area (Å²) in [5, 5.41) is 12.8. The van der Waals surface area contributed by atoms with Crippen molar-refractivity contribution in [3.05, 3.63) is 58.2 Å². The lowest BCUT2D eigenvalue weighted by Gasteiger charge is -2.32. The zero-order chi connectivity index (χ0) is 21.8. The van der Waals surface area contributed by atoms with Crippen LogP contribution in [0.2, 0.25) is 0 Å². The Labute approximate surface area is 185 Å². The number of morpholine rings is 1. The van der Waals surface area contributed by atoms with Crippen molar-refractivity contribution < 1.29 is 14.3 Å². The van der Waals surface area contributed by atoms with Gasteiger partial charge in [0, 0.05) is 6.54 Å². The van der Waals surface area contributed by atoms with Gasteiger partial charge in [-0.3, -0.25) is 4.79 Å². The van der Waals surface area contributed by atoms with E-state index in [4.69, 9.17) is 9.47 Å². The van der Waals surface area contributed by atoms with E-state index in [1.807, 2.05) is 57.2 Å². The van der Waals surface area contributed by atoms with Gasteiger partial charge >= 0.3 is 0 Å². The van der Waals surface area contributed by atoms with Crippen molar-refractivity contribution in [2.24, 2.45) is 0 Å². The van der Waals surface area contributed by atoms with Crippen molar-refractivity contribution in [1.82, 2.24) is 20.1 Å². The minimum Gasteiger partial charge on any atom is -0.483 e. The molecule has 1 aliphatic heterocycles. The number of rotatable bonds is 6. The van der Waals surface area contributed by atoms with Crippen LogP contribution >= 0.6 is 11.3 Å². The van der Waals surface area contributed by atoms with Gasteiger partial charge in [0.1, 0.15) is 22.7 Å². The lowest BCUT2D eigenvalue weighted by molar-refractivity contribution is -0.141. The lowest BCUT2D eigenvalue weighted by Crippen LogP contribution is -2.44. The van der Waals surface area contributed by atoms with Crippen LogP contribution in [0.25, 0.3) is 0 Å². The highest BCUT2D eigenvalue weighted by molar-refractivity contribution is 7.15. The van der Waals surface area contributed by atoms with E-state index in [-0.39, 0.29) is 18.6 Å². The first-order chi connectivity index (χ1) is 15.0. The Bertz CT molecular complexity index is 1050. The van der Waals surface area contributed by atoms with Crippen LogP contribution in [-0.2, 0) is 9.53 Å². The number of hydrogen-bond donors (Lipinski definition) is 1. The van der Waals surface area contributed by atoms with Gasteiger partial charge in [0.2, 0.25) is 5.13 Å². The molecule has 3 heterocycles. The number of benzene rings is 1. The Hall–Kier alpha value is -3.04. The number of nitrogens with one attached hydrogen (secondary N) is 1. The molecule has 9 heteroatoms.